The molecule has 8 heteroatoms. The molecule has 1 atom stereocenters. The van der Waals surface area contributed by atoms with E-state index in [-0.39, 0.29) is 17.0 Å². The second-order valence-electron chi connectivity index (χ2n) is 6.29. The minimum Gasteiger partial charge on any atom is -0.355 e. The molecule has 1 amide bonds. The van der Waals surface area contributed by atoms with Gasteiger partial charge in [-0.15, -0.1) is 10.2 Å². The van der Waals surface area contributed by atoms with Crippen LogP contribution in [-0.2, 0) is 11.2 Å². The van der Waals surface area contributed by atoms with Crippen LogP contribution >= 0.6 is 23.1 Å². The van der Waals surface area contributed by atoms with Gasteiger partial charge in [-0.2, -0.15) is 0 Å². The molecule has 0 aliphatic carbocycles. The van der Waals surface area contributed by atoms with E-state index in [1.807, 2.05) is 38.1 Å². The van der Waals surface area contributed by atoms with Gasteiger partial charge in [-0.25, -0.2) is 4.39 Å². The Kier molecular flexibility index (Phi) is 7.00. The van der Waals surface area contributed by atoms with Crippen molar-refractivity contribution in [3.05, 3.63) is 65.5 Å². The van der Waals surface area contributed by atoms with Crippen LogP contribution in [0.2, 0.25) is 0 Å². The number of rotatable bonds is 8. The largest absolute Gasteiger partial charge is 0.355 e. The van der Waals surface area contributed by atoms with Gasteiger partial charge >= 0.3 is 0 Å². The fourth-order valence-electron chi connectivity index (χ4n) is 2.40. The Bertz CT molecular complexity index is 913. The van der Waals surface area contributed by atoms with Crippen molar-refractivity contribution < 1.29 is 9.18 Å². The van der Waals surface area contributed by atoms with Crippen molar-refractivity contribution in [2.24, 2.45) is 0 Å². The Balaban J connectivity index is 1.45. The smallest absolute Gasteiger partial charge is 0.233 e. The molecular formula is C20H21FN4OS2. The number of amides is 1. The molecule has 0 saturated heterocycles. The molecule has 3 rings (SSSR count). The van der Waals surface area contributed by atoms with Crippen LogP contribution in [0.15, 0.2) is 52.9 Å². The summed E-state index contributed by atoms with van der Waals surface area (Å²) in [5.41, 5.74) is 3.13. The molecule has 1 aromatic heterocycles. The summed E-state index contributed by atoms with van der Waals surface area (Å²) in [5.74, 6) is -0.318. The predicted octanol–water partition coefficient (Wildman–Crippen LogP) is 4.57. The Labute approximate surface area is 171 Å². The van der Waals surface area contributed by atoms with E-state index in [4.69, 9.17) is 0 Å². The number of carbonyl (C=O) groups is 1. The number of hydrogen-bond donors (Lipinski definition) is 2. The standard InChI is InChI=1S/C20H21FN4OS2/c1-13-3-9-17(10-4-13)23-19-24-25-20(28-19)27-14(2)18(26)22-12-11-15-5-7-16(21)8-6-15/h3-10,14H,11-12H2,1-2H3,(H,22,26)(H,23,24)/t14-/m0/s1. The number of aromatic nitrogens is 2. The maximum absolute atomic E-state index is 12.9. The van der Waals surface area contributed by atoms with Crippen LogP contribution in [0.5, 0.6) is 0 Å². The summed E-state index contributed by atoms with van der Waals surface area (Å²) in [6, 6.07) is 14.3. The van der Waals surface area contributed by atoms with Crippen LogP contribution in [0, 0.1) is 12.7 Å². The van der Waals surface area contributed by atoms with E-state index in [1.54, 1.807) is 12.1 Å². The zero-order chi connectivity index (χ0) is 19.9. The van der Waals surface area contributed by atoms with Gasteiger partial charge < -0.3 is 10.6 Å². The Morgan fingerprint density at radius 3 is 2.57 bits per heavy atom. The lowest BCUT2D eigenvalue weighted by Gasteiger charge is -2.10. The quantitative estimate of drug-likeness (QED) is 0.527. The summed E-state index contributed by atoms with van der Waals surface area (Å²) in [4.78, 5) is 12.3. The summed E-state index contributed by atoms with van der Waals surface area (Å²) in [6.07, 6.45) is 0.660. The summed E-state index contributed by atoms with van der Waals surface area (Å²) >= 11 is 2.79. The molecule has 0 fully saturated rings. The Hall–Kier alpha value is -2.45. The van der Waals surface area contributed by atoms with Gasteiger partial charge in [-0.1, -0.05) is 52.9 Å². The van der Waals surface area contributed by atoms with Crippen molar-refractivity contribution in [2.45, 2.75) is 29.9 Å². The maximum Gasteiger partial charge on any atom is 0.233 e. The van der Waals surface area contributed by atoms with Crippen molar-refractivity contribution in [1.29, 1.82) is 0 Å². The topological polar surface area (TPSA) is 66.9 Å². The highest BCUT2D eigenvalue weighted by molar-refractivity contribution is 8.02. The molecule has 146 valence electrons. The molecule has 0 saturated carbocycles. The van der Waals surface area contributed by atoms with E-state index in [0.29, 0.717) is 18.1 Å². The van der Waals surface area contributed by atoms with E-state index in [0.717, 1.165) is 15.6 Å². The van der Waals surface area contributed by atoms with Gasteiger partial charge in [0.05, 0.1) is 5.25 Å². The van der Waals surface area contributed by atoms with E-state index < -0.39 is 0 Å². The molecule has 1 heterocycles. The zero-order valence-corrected chi connectivity index (χ0v) is 17.2. The molecule has 0 spiro atoms. The van der Waals surface area contributed by atoms with Crippen LogP contribution in [-0.4, -0.2) is 27.9 Å². The second-order valence-corrected chi connectivity index (χ2v) is 8.86. The number of hydrogen-bond acceptors (Lipinski definition) is 6. The molecule has 0 aliphatic rings. The normalized spacial score (nSPS) is 11.8. The van der Waals surface area contributed by atoms with E-state index >= 15 is 0 Å². The monoisotopic (exact) mass is 416 g/mol. The first-order valence-corrected chi connectivity index (χ1v) is 10.6. The number of benzene rings is 2. The molecule has 0 bridgehead atoms. The lowest BCUT2D eigenvalue weighted by Crippen LogP contribution is -2.32. The fraction of sp³-hybridized carbons (Fsp3) is 0.250. The van der Waals surface area contributed by atoms with Gasteiger partial charge in [-0.05, 0) is 50.1 Å². The van der Waals surface area contributed by atoms with Crippen molar-refractivity contribution in [1.82, 2.24) is 15.5 Å². The molecule has 0 unspecified atom stereocenters. The Morgan fingerprint density at radius 1 is 1.14 bits per heavy atom. The molecule has 5 nitrogen and oxygen atoms in total. The Morgan fingerprint density at radius 2 is 1.86 bits per heavy atom. The minimum atomic E-state index is -0.284. The molecule has 2 aromatic carbocycles. The van der Waals surface area contributed by atoms with Crippen molar-refractivity contribution >= 4 is 39.8 Å². The van der Waals surface area contributed by atoms with Gasteiger partial charge in [0.25, 0.3) is 0 Å². The van der Waals surface area contributed by atoms with Crippen LogP contribution in [0.4, 0.5) is 15.2 Å². The number of carbonyl (C=O) groups excluding carboxylic acids is 1. The number of halogens is 1. The molecule has 0 radical (unpaired) electrons. The van der Waals surface area contributed by atoms with Gasteiger partial charge in [0.2, 0.25) is 11.0 Å². The summed E-state index contributed by atoms with van der Waals surface area (Å²) in [6.45, 7) is 4.38. The van der Waals surface area contributed by atoms with Gasteiger partial charge in [-0.3, -0.25) is 4.79 Å². The lowest BCUT2D eigenvalue weighted by molar-refractivity contribution is -0.120. The van der Waals surface area contributed by atoms with Crippen molar-refractivity contribution in [2.75, 3.05) is 11.9 Å². The SMILES string of the molecule is Cc1ccc(Nc2nnc(S[C@@H](C)C(=O)NCCc3ccc(F)cc3)s2)cc1. The van der Waals surface area contributed by atoms with Crippen molar-refractivity contribution in [3.8, 4) is 0 Å². The number of nitrogens with zero attached hydrogens (tertiary/aromatic N) is 2. The molecule has 28 heavy (non-hydrogen) atoms. The highest BCUT2D eigenvalue weighted by Gasteiger charge is 2.17. The van der Waals surface area contributed by atoms with Crippen LogP contribution in [0.1, 0.15) is 18.1 Å². The third-order valence-electron chi connectivity index (χ3n) is 3.98. The predicted molar refractivity (Wildman–Crippen MR) is 113 cm³/mol. The third-order valence-corrected chi connectivity index (χ3v) is 6.01. The number of anilines is 2. The van der Waals surface area contributed by atoms with Gasteiger partial charge in [0.15, 0.2) is 4.34 Å². The molecule has 0 aliphatic heterocycles. The first kappa shape index (κ1) is 20.3. The fourth-order valence-corrected chi connectivity index (χ4v) is 4.34. The molecule has 2 N–H and O–H groups in total. The average Bonchev–Trinajstić information content (AvgIpc) is 3.12. The summed E-state index contributed by atoms with van der Waals surface area (Å²) in [7, 11) is 0. The first-order chi connectivity index (χ1) is 13.5. The minimum absolute atomic E-state index is 0.0599. The highest BCUT2D eigenvalue weighted by atomic mass is 32.2. The number of nitrogens with one attached hydrogen (secondary N) is 2. The lowest BCUT2D eigenvalue weighted by atomic mass is 10.1. The van der Waals surface area contributed by atoms with Crippen LogP contribution in [0.3, 0.4) is 0 Å². The number of thioether (sulfide) groups is 1. The van der Waals surface area contributed by atoms with E-state index in [9.17, 15) is 9.18 Å². The third kappa shape index (κ3) is 6.03. The van der Waals surface area contributed by atoms with Crippen molar-refractivity contribution in [3.63, 3.8) is 0 Å². The first-order valence-electron chi connectivity index (χ1n) is 8.85. The number of aryl methyl sites for hydroxylation is 1. The summed E-state index contributed by atoms with van der Waals surface area (Å²) < 4.78 is 13.6. The van der Waals surface area contributed by atoms with E-state index in [1.165, 1.54) is 40.8 Å². The van der Waals surface area contributed by atoms with E-state index in [2.05, 4.69) is 20.8 Å². The average molecular weight is 417 g/mol. The van der Waals surface area contributed by atoms with Gasteiger partial charge in [0.1, 0.15) is 5.82 Å². The molecular weight excluding hydrogens is 395 g/mol. The zero-order valence-electron chi connectivity index (χ0n) is 15.6. The maximum atomic E-state index is 12.9. The molecule has 3 aromatic rings. The van der Waals surface area contributed by atoms with Crippen LogP contribution in [0.25, 0.3) is 0 Å². The van der Waals surface area contributed by atoms with Gasteiger partial charge in [0, 0.05) is 12.2 Å². The summed E-state index contributed by atoms with van der Waals surface area (Å²) in [5, 5.41) is 14.8. The highest BCUT2D eigenvalue weighted by Crippen LogP contribution is 2.30. The second kappa shape index (κ2) is 9.66. The van der Waals surface area contributed by atoms with Crippen LogP contribution < -0.4 is 10.6 Å².